The summed E-state index contributed by atoms with van der Waals surface area (Å²) in [7, 11) is -9.93. The van der Waals surface area contributed by atoms with Crippen molar-refractivity contribution in [3.8, 4) is 0 Å². The van der Waals surface area contributed by atoms with Gasteiger partial charge in [0.15, 0.2) is 12.2 Å². The quantitative estimate of drug-likeness (QED) is 0.0222. The summed E-state index contributed by atoms with van der Waals surface area (Å²) in [5.74, 6) is 0.204. The molecule has 0 amide bonds. The van der Waals surface area contributed by atoms with E-state index >= 15 is 0 Å². The summed E-state index contributed by atoms with van der Waals surface area (Å²) < 4.78 is 68.8. The molecule has 0 aliphatic rings. The lowest BCUT2D eigenvalue weighted by molar-refractivity contribution is -0.161. The van der Waals surface area contributed by atoms with Gasteiger partial charge in [-0.15, -0.1) is 0 Å². The van der Waals surface area contributed by atoms with Crippen molar-refractivity contribution >= 4 is 39.5 Å². The summed E-state index contributed by atoms with van der Waals surface area (Å²) in [6.45, 7) is 12.0. The molecule has 2 unspecified atom stereocenters. The van der Waals surface area contributed by atoms with Gasteiger partial charge in [-0.25, -0.2) is 9.13 Å². The van der Waals surface area contributed by atoms with Gasteiger partial charge in [-0.1, -0.05) is 382 Å². The Morgan fingerprint density at radius 1 is 0.265 bits per heavy atom. The Morgan fingerprint density at radius 3 is 0.667 bits per heavy atom. The monoisotopic (exact) mass is 1490 g/mol. The van der Waals surface area contributed by atoms with Gasteiger partial charge in [-0.05, 0) is 43.4 Å². The van der Waals surface area contributed by atoms with Crippen molar-refractivity contribution in [1.82, 2.24) is 0 Å². The molecule has 0 aliphatic carbocycles. The smallest absolute Gasteiger partial charge is 0.462 e. The molecule has 5 atom stereocenters. The number of rotatable bonds is 81. The number of hydrogen-bond donors (Lipinski definition) is 3. The number of phosphoric ester groups is 2. The number of esters is 4. The first kappa shape index (κ1) is 100. The average molecular weight is 1490 g/mol. The minimum Gasteiger partial charge on any atom is -0.462 e. The highest BCUT2D eigenvalue weighted by atomic mass is 31.2. The van der Waals surface area contributed by atoms with Gasteiger partial charge in [0.1, 0.15) is 19.3 Å². The summed E-state index contributed by atoms with van der Waals surface area (Å²) in [6, 6.07) is 0. The van der Waals surface area contributed by atoms with Crippen molar-refractivity contribution in [2.24, 2.45) is 17.8 Å². The van der Waals surface area contributed by atoms with Gasteiger partial charge < -0.3 is 33.8 Å². The molecule has 0 saturated heterocycles. The molecular formula is C83H162O17P2. The lowest BCUT2D eigenvalue weighted by atomic mass is 10.0. The Morgan fingerprint density at radius 2 is 0.451 bits per heavy atom. The van der Waals surface area contributed by atoms with Crippen molar-refractivity contribution in [3.05, 3.63) is 0 Å². The van der Waals surface area contributed by atoms with E-state index in [1.165, 1.54) is 244 Å². The third kappa shape index (κ3) is 76.3. The number of aliphatic hydroxyl groups excluding tert-OH is 1. The molecule has 0 aromatic carbocycles. The van der Waals surface area contributed by atoms with E-state index in [1.54, 1.807) is 0 Å². The van der Waals surface area contributed by atoms with E-state index in [0.717, 1.165) is 108 Å². The summed E-state index contributed by atoms with van der Waals surface area (Å²) in [4.78, 5) is 73.1. The standard InChI is InChI=1S/C83H162O17P2/c1-8-9-10-11-12-13-14-15-16-17-18-21-24-29-36-43-50-57-64-80(85)93-70-78(99-82(87)66-59-52-45-37-30-25-22-19-20-23-27-33-40-47-54-61-74(2)3)72-97-101(89,90)95-68-77(84)69-96-102(91,92)98-73-79(71-94-81(86)65-58-51-44-39-32-35-42-49-56-63-76(6)7)100-83(88)67-60-53-46-38-31-26-28-34-41-48-55-62-75(4)5/h74-79,84H,8-73H2,1-7H3,(H,89,90)(H,91,92)/t77-,78-,79-/m1/s1. The molecule has 102 heavy (non-hydrogen) atoms. The van der Waals surface area contributed by atoms with E-state index in [-0.39, 0.29) is 25.7 Å². The fraction of sp³-hybridized carbons (Fsp3) is 0.952. The molecule has 0 rings (SSSR count). The van der Waals surface area contributed by atoms with Gasteiger partial charge >= 0.3 is 39.5 Å². The van der Waals surface area contributed by atoms with E-state index in [9.17, 15) is 43.2 Å². The third-order valence-electron chi connectivity index (χ3n) is 19.4. The molecule has 0 saturated carbocycles. The lowest BCUT2D eigenvalue weighted by Crippen LogP contribution is -2.30. The van der Waals surface area contributed by atoms with Crippen molar-refractivity contribution in [2.45, 2.75) is 452 Å². The van der Waals surface area contributed by atoms with Crippen molar-refractivity contribution < 1.29 is 80.2 Å². The molecule has 0 bridgehead atoms. The summed E-state index contributed by atoms with van der Waals surface area (Å²) in [6.07, 6.45) is 62.4. The number of ether oxygens (including phenoxy) is 4. The van der Waals surface area contributed by atoms with Crippen molar-refractivity contribution in [2.75, 3.05) is 39.6 Å². The molecule has 19 heteroatoms. The number of hydrogen-bond acceptors (Lipinski definition) is 15. The van der Waals surface area contributed by atoms with Crippen LogP contribution in [0.15, 0.2) is 0 Å². The molecule has 606 valence electrons. The fourth-order valence-electron chi connectivity index (χ4n) is 12.8. The van der Waals surface area contributed by atoms with Gasteiger partial charge in [0, 0.05) is 25.7 Å². The zero-order valence-corrected chi connectivity index (χ0v) is 68.9. The molecule has 0 heterocycles. The van der Waals surface area contributed by atoms with Gasteiger partial charge in [0.25, 0.3) is 0 Å². The summed E-state index contributed by atoms with van der Waals surface area (Å²) in [5.41, 5.74) is 0. The molecule has 3 N–H and O–H groups in total. The van der Waals surface area contributed by atoms with E-state index < -0.39 is 97.5 Å². The van der Waals surface area contributed by atoms with Crippen LogP contribution in [0.25, 0.3) is 0 Å². The normalized spacial score (nSPS) is 13.9. The number of carbonyl (C=O) groups excluding carboxylic acids is 4. The number of carbonyl (C=O) groups is 4. The van der Waals surface area contributed by atoms with Crippen LogP contribution in [-0.4, -0.2) is 96.7 Å². The minimum atomic E-state index is -4.96. The van der Waals surface area contributed by atoms with Crippen LogP contribution in [0.2, 0.25) is 0 Å². The van der Waals surface area contributed by atoms with E-state index in [4.69, 9.17) is 37.0 Å². The van der Waals surface area contributed by atoms with Crippen LogP contribution >= 0.6 is 15.6 Å². The molecule has 0 aliphatic heterocycles. The minimum absolute atomic E-state index is 0.106. The Labute approximate surface area is 626 Å². The second-order valence-electron chi connectivity index (χ2n) is 31.3. The molecule has 17 nitrogen and oxygen atoms in total. The van der Waals surface area contributed by atoms with Crippen LogP contribution < -0.4 is 0 Å². The number of phosphoric acid groups is 2. The van der Waals surface area contributed by atoms with Crippen LogP contribution in [0.1, 0.15) is 434 Å². The molecule has 0 fully saturated rings. The molecule has 0 spiro atoms. The highest BCUT2D eigenvalue weighted by Crippen LogP contribution is 2.45. The first-order valence-electron chi connectivity index (χ1n) is 42.8. The maximum atomic E-state index is 13.1. The van der Waals surface area contributed by atoms with E-state index in [1.807, 2.05) is 0 Å². The highest BCUT2D eigenvalue weighted by molar-refractivity contribution is 7.47. The predicted octanol–water partition coefficient (Wildman–Crippen LogP) is 24.9. The van der Waals surface area contributed by atoms with Crippen LogP contribution in [0, 0.1) is 17.8 Å². The summed E-state index contributed by atoms with van der Waals surface area (Å²) in [5, 5.41) is 10.7. The van der Waals surface area contributed by atoms with E-state index in [0.29, 0.717) is 25.7 Å². The van der Waals surface area contributed by atoms with Gasteiger partial charge in [-0.2, -0.15) is 0 Å². The maximum Gasteiger partial charge on any atom is 0.472 e. The Hall–Kier alpha value is -1.94. The number of unbranched alkanes of at least 4 members (excludes halogenated alkanes) is 49. The first-order chi connectivity index (χ1) is 49.2. The van der Waals surface area contributed by atoms with Crippen molar-refractivity contribution in [3.63, 3.8) is 0 Å². The highest BCUT2D eigenvalue weighted by Gasteiger charge is 2.30. The summed E-state index contributed by atoms with van der Waals surface area (Å²) >= 11 is 0. The van der Waals surface area contributed by atoms with Gasteiger partial charge in [0.2, 0.25) is 0 Å². The largest absolute Gasteiger partial charge is 0.472 e. The van der Waals surface area contributed by atoms with Crippen LogP contribution in [0.3, 0.4) is 0 Å². The second kappa shape index (κ2) is 73.2. The van der Waals surface area contributed by atoms with E-state index in [2.05, 4.69) is 48.5 Å². The Bertz CT molecular complexity index is 1970. The molecule has 0 radical (unpaired) electrons. The predicted molar refractivity (Wildman–Crippen MR) is 418 cm³/mol. The Balaban J connectivity index is 5.26. The zero-order valence-electron chi connectivity index (χ0n) is 67.1. The van der Waals surface area contributed by atoms with Crippen molar-refractivity contribution in [1.29, 1.82) is 0 Å². The van der Waals surface area contributed by atoms with Crippen LogP contribution in [0.5, 0.6) is 0 Å². The fourth-order valence-corrected chi connectivity index (χ4v) is 14.4. The lowest BCUT2D eigenvalue weighted by Gasteiger charge is -2.21. The van der Waals surface area contributed by atoms with Gasteiger partial charge in [0.05, 0.1) is 26.4 Å². The molecule has 0 aromatic rings. The number of aliphatic hydroxyl groups is 1. The zero-order chi connectivity index (χ0) is 75.1. The topological polar surface area (TPSA) is 237 Å². The first-order valence-corrected chi connectivity index (χ1v) is 45.8. The van der Waals surface area contributed by atoms with Crippen LogP contribution in [0.4, 0.5) is 0 Å². The average Bonchev–Trinajstić information content (AvgIpc) is 0.907. The second-order valence-corrected chi connectivity index (χ2v) is 34.2. The SMILES string of the molecule is CCCCCCCCCCCCCCCCCCCCC(=O)OC[C@H](COP(=O)(O)OC[C@@H](O)COP(=O)(O)OC[C@@H](COC(=O)CCCCCCCCCCCC(C)C)OC(=O)CCCCCCCCCCCCCC(C)C)OC(=O)CCCCCCCCCCCCCCCCCC(C)C. The molecular weight excluding hydrogens is 1330 g/mol. The van der Waals surface area contributed by atoms with Gasteiger partial charge in [-0.3, -0.25) is 37.3 Å². The molecule has 0 aromatic heterocycles. The Kier molecular flexibility index (Phi) is 71.8. The maximum absolute atomic E-state index is 13.1. The third-order valence-corrected chi connectivity index (χ3v) is 21.3. The van der Waals surface area contributed by atoms with Crippen LogP contribution in [-0.2, 0) is 65.4 Å².